The Morgan fingerprint density at radius 2 is 1.90 bits per heavy atom. The van der Waals surface area contributed by atoms with Crippen molar-refractivity contribution in [2.24, 2.45) is 0 Å². The number of para-hydroxylation sites is 1. The van der Waals surface area contributed by atoms with E-state index in [4.69, 9.17) is 0 Å². The maximum absolute atomic E-state index is 12.3. The van der Waals surface area contributed by atoms with Crippen LogP contribution in [0.4, 0.5) is 5.69 Å². The standard InChI is InChI=1S/C15H15N3OS/c1-9-5-4-6-10(2)13(9)17-14(19)12-8-18-7-11(3)20-15(18)16-12/h4-8H,1-3H3,(H,17,19). The molecule has 3 rings (SSSR count). The molecule has 2 heterocycles. The summed E-state index contributed by atoms with van der Waals surface area (Å²) in [5.74, 6) is -0.170. The molecule has 102 valence electrons. The van der Waals surface area contributed by atoms with Gasteiger partial charge in [-0.1, -0.05) is 18.2 Å². The summed E-state index contributed by atoms with van der Waals surface area (Å²) < 4.78 is 1.89. The molecule has 1 N–H and O–H groups in total. The first-order valence-corrected chi connectivity index (χ1v) is 7.19. The van der Waals surface area contributed by atoms with E-state index in [0.717, 1.165) is 21.8 Å². The van der Waals surface area contributed by atoms with Gasteiger partial charge in [-0.15, -0.1) is 11.3 Å². The Labute approximate surface area is 121 Å². The Hall–Kier alpha value is -2.14. The largest absolute Gasteiger partial charge is 0.320 e. The van der Waals surface area contributed by atoms with Gasteiger partial charge >= 0.3 is 0 Å². The second-order valence-corrected chi connectivity index (χ2v) is 6.09. The van der Waals surface area contributed by atoms with Crippen molar-refractivity contribution in [1.82, 2.24) is 9.38 Å². The monoisotopic (exact) mass is 285 g/mol. The molecule has 0 bridgehead atoms. The van der Waals surface area contributed by atoms with Gasteiger partial charge in [0.25, 0.3) is 5.91 Å². The van der Waals surface area contributed by atoms with Crippen molar-refractivity contribution in [2.45, 2.75) is 20.8 Å². The number of anilines is 1. The van der Waals surface area contributed by atoms with Crippen LogP contribution in [0.15, 0.2) is 30.6 Å². The van der Waals surface area contributed by atoms with Crippen LogP contribution in [0.1, 0.15) is 26.5 Å². The molecular formula is C15H15N3OS. The first kappa shape index (κ1) is 12.9. The van der Waals surface area contributed by atoms with Crippen LogP contribution in [-0.4, -0.2) is 15.3 Å². The highest BCUT2D eigenvalue weighted by Crippen LogP contribution is 2.21. The number of carbonyl (C=O) groups excluding carboxylic acids is 1. The minimum absolute atomic E-state index is 0.170. The quantitative estimate of drug-likeness (QED) is 0.782. The van der Waals surface area contributed by atoms with E-state index < -0.39 is 0 Å². The van der Waals surface area contributed by atoms with Crippen LogP contribution in [0.25, 0.3) is 4.96 Å². The van der Waals surface area contributed by atoms with Gasteiger partial charge < -0.3 is 5.32 Å². The third kappa shape index (κ3) is 2.20. The second kappa shape index (κ2) is 4.76. The normalized spacial score (nSPS) is 10.9. The summed E-state index contributed by atoms with van der Waals surface area (Å²) >= 11 is 1.57. The van der Waals surface area contributed by atoms with Crippen LogP contribution in [0.3, 0.4) is 0 Å². The molecule has 1 aromatic carbocycles. The number of fused-ring (bicyclic) bond motifs is 1. The Bertz CT molecular complexity index is 749. The summed E-state index contributed by atoms with van der Waals surface area (Å²) in [6.07, 6.45) is 3.74. The molecule has 0 aliphatic heterocycles. The Balaban J connectivity index is 1.90. The lowest BCUT2D eigenvalue weighted by Gasteiger charge is -2.10. The lowest BCUT2D eigenvalue weighted by atomic mass is 10.1. The first-order chi connectivity index (χ1) is 9.54. The number of thiazole rings is 1. The minimum Gasteiger partial charge on any atom is -0.320 e. The van der Waals surface area contributed by atoms with Crippen molar-refractivity contribution in [3.8, 4) is 0 Å². The van der Waals surface area contributed by atoms with Crippen molar-refractivity contribution >= 4 is 27.9 Å². The number of imidazole rings is 1. The molecule has 20 heavy (non-hydrogen) atoms. The van der Waals surface area contributed by atoms with Crippen LogP contribution in [0.5, 0.6) is 0 Å². The molecule has 0 unspecified atom stereocenters. The highest BCUT2D eigenvalue weighted by atomic mass is 32.1. The zero-order valence-electron chi connectivity index (χ0n) is 11.6. The summed E-state index contributed by atoms with van der Waals surface area (Å²) in [7, 11) is 0. The number of hydrogen-bond donors (Lipinski definition) is 1. The van der Waals surface area contributed by atoms with Crippen LogP contribution in [0, 0.1) is 20.8 Å². The summed E-state index contributed by atoms with van der Waals surface area (Å²) in [5.41, 5.74) is 3.41. The molecule has 0 aliphatic carbocycles. The van der Waals surface area contributed by atoms with E-state index in [1.165, 1.54) is 4.88 Å². The number of hydrogen-bond acceptors (Lipinski definition) is 3. The SMILES string of the molecule is Cc1cn2cc(C(=O)Nc3c(C)cccc3C)nc2s1. The topological polar surface area (TPSA) is 46.4 Å². The van der Waals surface area contributed by atoms with Crippen LogP contribution in [0.2, 0.25) is 0 Å². The van der Waals surface area contributed by atoms with Crippen molar-refractivity contribution in [1.29, 1.82) is 0 Å². The third-order valence-corrected chi connectivity index (χ3v) is 4.14. The maximum atomic E-state index is 12.3. The highest BCUT2D eigenvalue weighted by molar-refractivity contribution is 7.17. The van der Waals surface area contributed by atoms with Gasteiger partial charge in [0.15, 0.2) is 4.96 Å². The number of amides is 1. The van der Waals surface area contributed by atoms with E-state index in [1.807, 2.05) is 49.6 Å². The fourth-order valence-electron chi connectivity index (χ4n) is 2.21. The average molecular weight is 285 g/mol. The smallest absolute Gasteiger partial charge is 0.275 e. The van der Waals surface area contributed by atoms with Gasteiger partial charge in [-0.3, -0.25) is 9.20 Å². The molecule has 0 atom stereocenters. The number of rotatable bonds is 2. The van der Waals surface area contributed by atoms with E-state index >= 15 is 0 Å². The Kier molecular flexibility index (Phi) is 3.06. The molecule has 0 saturated carbocycles. The number of aromatic nitrogens is 2. The van der Waals surface area contributed by atoms with E-state index in [2.05, 4.69) is 10.3 Å². The van der Waals surface area contributed by atoms with Gasteiger partial charge in [0.05, 0.1) is 0 Å². The molecule has 2 aromatic heterocycles. The molecular weight excluding hydrogens is 270 g/mol. The number of carbonyl (C=O) groups is 1. The van der Waals surface area contributed by atoms with E-state index in [0.29, 0.717) is 5.69 Å². The molecule has 0 spiro atoms. The molecule has 0 saturated heterocycles. The summed E-state index contributed by atoms with van der Waals surface area (Å²) in [4.78, 5) is 18.7. The average Bonchev–Trinajstić information content (AvgIpc) is 2.91. The lowest BCUT2D eigenvalue weighted by Crippen LogP contribution is -2.14. The van der Waals surface area contributed by atoms with E-state index in [9.17, 15) is 4.79 Å². The Morgan fingerprint density at radius 1 is 1.20 bits per heavy atom. The van der Waals surface area contributed by atoms with Gasteiger partial charge in [-0.05, 0) is 31.9 Å². The molecule has 1 amide bonds. The van der Waals surface area contributed by atoms with Crippen molar-refractivity contribution < 1.29 is 4.79 Å². The van der Waals surface area contributed by atoms with Crippen LogP contribution < -0.4 is 5.32 Å². The van der Waals surface area contributed by atoms with Crippen molar-refractivity contribution in [3.63, 3.8) is 0 Å². The highest BCUT2D eigenvalue weighted by Gasteiger charge is 2.14. The fourth-order valence-corrected chi connectivity index (χ4v) is 3.02. The molecule has 4 nitrogen and oxygen atoms in total. The molecule has 3 aromatic rings. The first-order valence-electron chi connectivity index (χ1n) is 6.37. The van der Waals surface area contributed by atoms with E-state index in [-0.39, 0.29) is 5.91 Å². The fraction of sp³-hybridized carbons (Fsp3) is 0.200. The zero-order chi connectivity index (χ0) is 14.3. The predicted molar refractivity (Wildman–Crippen MR) is 81.7 cm³/mol. The molecule has 0 aliphatic rings. The number of aryl methyl sites for hydroxylation is 3. The molecule has 5 heteroatoms. The second-order valence-electron chi connectivity index (χ2n) is 4.88. The zero-order valence-corrected chi connectivity index (χ0v) is 12.4. The van der Waals surface area contributed by atoms with Crippen molar-refractivity contribution in [3.05, 3.63) is 52.3 Å². The summed E-state index contributed by atoms with van der Waals surface area (Å²) in [5, 5.41) is 2.95. The number of nitrogens with zero attached hydrogens (tertiary/aromatic N) is 2. The van der Waals surface area contributed by atoms with Crippen LogP contribution in [-0.2, 0) is 0 Å². The van der Waals surface area contributed by atoms with Gasteiger partial charge in [0, 0.05) is 23.0 Å². The van der Waals surface area contributed by atoms with Gasteiger partial charge in [0.2, 0.25) is 0 Å². The number of nitrogens with one attached hydrogen (secondary N) is 1. The van der Waals surface area contributed by atoms with Gasteiger partial charge in [-0.2, -0.15) is 0 Å². The van der Waals surface area contributed by atoms with Crippen LogP contribution >= 0.6 is 11.3 Å². The summed E-state index contributed by atoms with van der Waals surface area (Å²) in [6.45, 7) is 5.99. The number of benzene rings is 1. The van der Waals surface area contributed by atoms with Crippen molar-refractivity contribution in [2.75, 3.05) is 5.32 Å². The molecule has 0 fully saturated rings. The summed E-state index contributed by atoms with van der Waals surface area (Å²) in [6, 6.07) is 5.95. The lowest BCUT2D eigenvalue weighted by molar-refractivity contribution is 0.102. The maximum Gasteiger partial charge on any atom is 0.275 e. The van der Waals surface area contributed by atoms with Gasteiger partial charge in [-0.25, -0.2) is 4.98 Å². The minimum atomic E-state index is -0.170. The predicted octanol–water partition coefficient (Wildman–Crippen LogP) is 3.57. The van der Waals surface area contributed by atoms with Gasteiger partial charge in [0.1, 0.15) is 5.69 Å². The Morgan fingerprint density at radius 3 is 2.55 bits per heavy atom. The third-order valence-electron chi connectivity index (χ3n) is 3.22. The van der Waals surface area contributed by atoms with E-state index in [1.54, 1.807) is 17.5 Å². The molecule has 0 radical (unpaired) electrons.